The number of anilines is 1. The Morgan fingerprint density at radius 1 is 1.19 bits per heavy atom. The molecule has 1 aliphatic rings. The molecule has 0 spiro atoms. The molecule has 2 atom stereocenters. The number of aromatic nitrogens is 3. The van der Waals surface area contributed by atoms with Crippen molar-refractivity contribution in [1.29, 1.82) is 0 Å². The highest BCUT2D eigenvalue weighted by Crippen LogP contribution is 2.24. The molecular weight excluding hydrogens is 416 g/mol. The second-order valence-corrected chi connectivity index (χ2v) is 7.31. The van der Waals surface area contributed by atoms with Crippen LogP contribution >= 0.6 is 12.4 Å². The summed E-state index contributed by atoms with van der Waals surface area (Å²) in [6.07, 6.45) is -0.475. The van der Waals surface area contributed by atoms with Crippen molar-refractivity contribution in [2.45, 2.75) is 18.9 Å². The van der Waals surface area contributed by atoms with E-state index in [4.69, 9.17) is 0 Å². The summed E-state index contributed by atoms with van der Waals surface area (Å²) < 4.78 is 1.65. The van der Waals surface area contributed by atoms with Gasteiger partial charge in [-0.3, -0.25) is 15.1 Å². The standard InChI is InChI=1S/C22H24N6O2.ClH/c1-14(16-9-6-10-17(11-16)19(30)15-7-4-3-5-8-15)20-25-22(28(2)27-20)26-21-23-12-18(29)13-24-21;/h3-11,14,18,29H,12-13H2,1-2H3,(H2,23,24,25,26,27);1H. The van der Waals surface area contributed by atoms with Crippen molar-refractivity contribution < 1.29 is 9.90 Å². The SMILES string of the molecule is CC(c1cccc(C(=O)c2ccccc2)c1)c1nc(NC2=NCC(O)CN2)n(C)n1.Cl. The fourth-order valence-electron chi connectivity index (χ4n) is 3.27. The highest BCUT2D eigenvalue weighted by atomic mass is 35.5. The number of β-amino-alcohol motifs (C(OH)–C–C–N with tert-alkyl or cyclic N) is 1. The average molecular weight is 441 g/mol. The number of aryl methyl sites for hydroxylation is 1. The summed E-state index contributed by atoms with van der Waals surface area (Å²) in [4.78, 5) is 21.6. The van der Waals surface area contributed by atoms with E-state index in [2.05, 4.69) is 25.7 Å². The van der Waals surface area contributed by atoms with Crippen LogP contribution in [0.4, 0.5) is 5.95 Å². The van der Waals surface area contributed by atoms with E-state index in [1.165, 1.54) is 0 Å². The molecule has 0 amide bonds. The molecule has 2 unspecified atom stereocenters. The van der Waals surface area contributed by atoms with Crippen LogP contribution in [0.15, 0.2) is 59.6 Å². The summed E-state index contributed by atoms with van der Waals surface area (Å²) in [6, 6.07) is 16.8. The van der Waals surface area contributed by atoms with Crippen LogP contribution in [0.1, 0.15) is 40.2 Å². The Hall–Kier alpha value is -3.23. The number of aliphatic imine (C=N–C) groups is 1. The predicted octanol–water partition coefficient (Wildman–Crippen LogP) is 2.35. The number of aliphatic hydroxyl groups is 1. The topological polar surface area (TPSA) is 104 Å². The number of nitrogens with zero attached hydrogens (tertiary/aromatic N) is 4. The van der Waals surface area contributed by atoms with Gasteiger partial charge in [0.05, 0.1) is 12.6 Å². The quantitative estimate of drug-likeness (QED) is 0.526. The van der Waals surface area contributed by atoms with E-state index in [-0.39, 0.29) is 24.1 Å². The van der Waals surface area contributed by atoms with Crippen LogP contribution in [0.25, 0.3) is 0 Å². The van der Waals surface area contributed by atoms with Gasteiger partial charge in [-0.05, 0) is 11.6 Å². The number of nitrogens with one attached hydrogen (secondary N) is 2. The number of hydrogen-bond acceptors (Lipinski definition) is 7. The third-order valence-corrected chi connectivity index (χ3v) is 5.05. The second-order valence-electron chi connectivity index (χ2n) is 7.31. The van der Waals surface area contributed by atoms with Crippen LogP contribution in [0, 0.1) is 0 Å². The minimum atomic E-state index is -0.475. The highest BCUT2D eigenvalue weighted by molar-refractivity contribution is 6.09. The molecule has 1 aliphatic heterocycles. The van der Waals surface area contributed by atoms with Gasteiger partial charge >= 0.3 is 0 Å². The zero-order chi connectivity index (χ0) is 21.1. The third-order valence-electron chi connectivity index (χ3n) is 5.05. The fraction of sp³-hybridized carbons (Fsp3) is 0.273. The first-order chi connectivity index (χ1) is 14.5. The molecule has 0 aliphatic carbocycles. The minimum Gasteiger partial charge on any atom is -0.389 e. The molecule has 8 nitrogen and oxygen atoms in total. The Morgan fingerprint density at radius 2 is 1.94 bits per heavy atom. The maximum absolute atomic E-state index is 12.8. The number of halogens is 1. The number of guanidine groups is 1. The van der Waals surface area contributed by atoms with Crippen LogP contribution in [0.2, 0.25) is 0 Å². The zero-order valence-corrected chi connectivity index (χ0v) is 18.1. The first-order valence-electron chi connectivity index (χ1n) is 9.85. The lowest BCUT2D eigenvalue weighted by Crippen LogP contribution is -2.42. The molecule has 0 radical (unpaired) electrons. The Bertz CT molecular complexity index is 1080. The Kier molecular flexibility index (Phi) is 7.04. The first-order valence-corrected chi connectivity index (χ1v) is 9.85. The molecule has 31 heavy (non-hydrogen) atoms. The van der Waals surface area contributed by atoms with Gasteiger partial charge in [0.15, 0.2) is 17.6 Å². The Labute approximate surface area is 186 Å². The molecule has 0 saturated carbocycles. The normalized spacial score (nSPS) is 16.5. The van der Waals surface area contributed by atoms with E-state index in [0.717, 1.165) is 5.56 Å². The summed E-state index contributed by atoms with van der Waals surface area (Å²) in [6.45, 7) is 2.80. The van der Waals surface area contributed by atoms with Gasteiger partial charge in [0.1, 0.15) is 0 Å². The summed E-state index contributed by atoms with van der Waals surface area (Å²) in [5, 5.41) is 20.2. The van der Waals surface area contributed by atoms with E-state index < -0.39 is 6.10 Å². The highest BCUT2D eigenvalue weighted by Gasteiger charge is 2.19. The Balaban J connectivity index is 0.00000272. The van der Waals surface area contributed by atoms with Crippen molar-refractivity contribution in [1.82, 2.24) is 20.1 Å². The molecule has 1 aromatic heterocycles. The van der Waals surface area contributed by atoms with Gasteiger partial charge in [-0.1, -0.05) is 55.5 Å². The molecule has 0 bridgehead atoms. The molecule has 162 valence electrons. The van der Waals surface area contributed by atoms with E-state index in [0.29, 0.717) is 41.9 Å². The lowest BCUT2D eigenvalue weighted by Gasteiger charge is -2.19. The van der Waals surface area contributed by atoms with Crippen molar-refractivity contribution in [2.75, 3.05) is 18.4 Å². The Morgan fingerprint density at radius 3 is 2.65 bits per heavy atom. The van der Waals surface area contributed by atoms with Crippen molar-refractivity contribution in [3.8, 4) is 0 Å². The van der Waals surface area contributed by atoms with Gasteiger partial charge in [0.25, 0.3) is 0 Å². The summed E-state index contributed by atoms with van der Waals surface area (Å²) in [7, 11) is 1.80. The third kappa shape index (κ3) is 5.10. The molecule has 3 aromatic rings. The lowest BCUT2D eigenvalue weighted by atomic mass is 9.95. The van der Waals surface area contributed by atoms with Crippen LogP contribution in [-0.2, 0) is 7.05 Å². The van der Waals surface area contributed by atoms with Crippen LogP contribution in [0.3, 0.4) is 0 Å². The molecule has 4 rings (SSSR count). The van der Waals surface area contributed by atoms with Gasteiger partial charge in [-0.25, -0.2) is 4.68 Å². The van der Waals surface area contributed by atoms with Crippen molar-refractivity contribution in [3.63, 3.8) is 0 Å². The monoisotopic (exact) mass is 440 g/mol. The minimum absolute atomic E-state index is 0. The first kappa shape index (κ1) is 22.5. The molecule has 2 heterocycles. The fourth-order valence-corrected chi connectivity index (χ4v) is 3.27. The van der Waals surface area contributed by atoms with Crippen LogP contribution in [0.5, 0.6) is 0 Å². The molecular formula is C22H25ClN6O2. The van der Waals surface area contributed by atoms with Crippen LogP contribution in [-0.4, -0.2) is 50.8 Å². The zero-order valence-electron chi connectivity index (χ0n) is 17.3. The number of aliphatic hydroxyl groups excluding tert-OH is 1. The van der Waals surface area contributed by atoms with E-state index in [1.807, 2.05) is 61.5 Å². The van der Waals surface area contributed by atoms with Gasteiger partial charge in [-0.2, -0.15) is 10.1 Å². The van der Waals surface area contributed by atoms with Crippen LogP contribution < -0.4 is 10.6 Å². The second kappa shape index (κ2) is 9.72. The number of hydrogen-bond donors (Lipinski definition) is 3. The van der Waals surface area contributed by atoms with Crippen molar-refractivity contribution >= 4 is 30.1 Å². The van der Waals surface area contributed by atoms with E-state index in [9.17, 15) is 9.90 Å². The van der Waals surface area contributed by atoms with E-state index in [1.54, 1.807) is 11.7 Å². The largest absolute Gasteiger partial charge is 0.389 e. The number of rotatable bonds is 5. The number of benzene rings is 2. The number of ketones is 1. The molecule has 2 aromatic carbocycles. The van der Waals surface area contributed by atoms with E-state index >= 15 is 0 Å². The van der Waals surface area contributed by atoms with Crippen molar-refractivity contribution in [2.24, 2.45) is 12.0 Å². The van der Waals surface area contributed by atoms with Crippen molar-refractivity contribution in [3.05, 3.63) is 77.1 Å². The smallest absolute Gasteiger partial charge is 0.227 e. The van der Waals surface area contributed by atoms with Gasteiger partial charge in [0, 0.05) is 30.6 Å². The summed E-state index contributed by atoms with van der Waals surface area (Å²) in [5.74, 6) is 1.64. The molecule has 0 saturated heterocycles. The van der Waals surface area contributed by atoms with Gasteiger partial charge < -0.3 is 10.4 Å². The average Bonchev–Trinajstić information content (AvgIpc) is 3.15. The number of carbonyl (C=O) groups is 1. The molecule has 9 heteroatoms. The molecule has 0 fully saturated rings. The van der Waals surface area contributed by atoms with Gasteiger partial charge in [0.2, 0.25) is 5.95 Å². The lowest BCUT2D eigenvalue weighted by molar-refractivity contribution is 0.103. The molecule has 3 N–H and O–H groups in total. The van der Waals surface area contributed by atoms with Gasteiger partial charge in [-0.15, -0.1) is 12.4 Å². The maximum atomic E-state index is 12.8. The summed E-state index contributed by atoms with van der Waals surface area (Å²) in [5.41, 5.74) is 2.26. The number of carbonyl (C=O) groups excluding carboxylic acids is 1. The maximum Gasteiger partial charge on any atom is 0.227 e. The summed E-state index contributed by atoms with van der Waals surface area (Å²) >= 11 is 0. The predicted molar refractivity (Wildman–Crippen MR) is 122 cm³/mol.